The lowest BCUT2D eigenvalue weighted by atomic mass is 9.74. The molecule has 3 saturated heterocycles. The highest BCUT2D eigenvalue weighted by atomic mass is 35.5. The number of halogens is 1. The molecular formula is C12H15ClO6. The molecule has 0 aromatic heterocycles. The van der Waals surface area contributed by atoms with Crippen molar-refractivity contribution in [1.29, 1.82) is 0 Å². The summed E-state index contributed by atoms with van der Waals surface area (Å²) in [6.07, 6.45) is -2.81. The molecule has 3 aliphatic heterocycles. The highest BCUT2D eigenvalue weighted by Gasteiger charge is 2.75. The van der Waals surface area contributed by atoms with E-state index in [-0.39, 0.29) is 12.3 Å². The molecule has 6 unspecified atom stereocenters. The Morgan fingerprint density at radius 2 is 2.37 bits per heavy atom. The van der Waals surface area contributed by atoms with Gasteiger partial charge in [0.2, 0.25) is 0 Å². The van der Waals surface area contributed by atoms with E-state index in [0.717, 1.165) is 0 Å². The molecule has 19 heavy (non-hydrogen) atoms. The first kappa shape index (κ1) is 13.3. The van der Waals surface area contributed by atoms with Crippen LogP contribution < -0.4 is 0 Å². The van der Waals surface area contributed by atoms with E-state index in [1.807, 2.05) is 0 Å². The summed E-state index contributed by atoms with van der Waals surface area (Å²) in [6.45, 7) is 5.04. The molecule has 4 rings (SSSR count). The number of fused-ring (bicyclic) bond motifs is 1. The van der Waals surface area contributed by atoms with Crippen LogP contribution in [0, 0.1) is 5.92 Å². The predicted octanol–water partition coefficient (Wildman–Crippen LogP) is -0.0922. The first-order valence-electron chi connectivity index (χ1n) is 6.01. The minimum absolute atomic E-state index is 0.0257. The van der Waals surface area contributed by atoms with Crippen LogP contribution in [0.4, 0.5) is 0 Å². The fraction of sp³-hybridized carbons (Fsp3) is 0.750. The Morgan fingerprint density at radius 3 is 2.95 bits per heavy atom. The maximum Gasteiger partial charge on any atom is 0.303 e. The average molecular weight is 291 g/mol. The third kappa shape index (κ3) is 1.49. The van der Waals surface area contributed by atoms with Gasteiger partial charge in [0.05, 0.1) is 11.8 Å². The lowest BCUT2D eigenvalue weighted by Gasteiger charge is -2.55. The van der Waals surface area contributed by atoms with Gasteiger partial charge in [-0.2, -0.15) is 0 Å². The van der Waals surface area contributed by atoms with E-state index in [4.69, 9.17) is 25.8 Å². The zero-order valence-corrected chi connectivity index (χ0v) is 11.1. The molecule has 4 aliphatic rings. The zero-order chi connectivity index (χ0) is 14.0. The summed E-state index contributed by atoms with van der Waals surface area (Å²) < 4.78 is 16.1. The summed E-state index contributed by atoms with van der Waals surface area (Å²) in [5.74, 6) is -1.34. The molecule has 0 aromatic carbocycles. The molecule has 1 saturated carbocycles. The van der Waals surface area contributed by atoms with E-state index in [1.54, 1.807) is 0 Å². The summed E-state index contributed by atoms with van der Waals surface area (Å²) in [5.41, 5.74) is -2.21. The Balaban J connectivity index is 2.07. The first-order chi connectivity index (χ1) is 8.85. The van der Waals surface area contributed by atoms with Crippen LogP contribution in [-0.4, -0.2) is 51.9 Å². The lowest BCUT2D eigenvalue weighted by Crippen LogP contribution is -2.68. The van der Waals surface area contributed by atoms with Crippen molar-refractivity contribution in [2.45, 2.75) is 43.2 Å². The second kappa shape index (κ2) is 3.93. The van der Waals surface area contributed by atoms with Gasteiger partial charge in [-0.3, -0.25) is 4.79 Å². The van der Waals surface area contributed by atoms with Gasteiger partial charge in [0.15, 0.2) is 12.6 Å². The van der Waals surface area contributed by atoms with Gasteiger partial charge in [0.25, 0.3) is 0 Å². The van der Waals surface area contributed by atoms with Crippen molar-refractivity contribution in [3.63, 3.8) is 0 Å². The molecule has 7 heteroatoms. The number of rotatable bonds is 2. The van der Waals surface area contributed by atoms with Gasteiger partial charge >= 0.3 is 5.97 Å². The number of aliphatic hydroxyl groups excluding tert-OH is 1. The minimum Gasteiger partial charge on any atom is -0.459 e. The van der Waals surface area contributed by atoms with Gasteiger partial charge in [-0.05, 0) is 0 Å². The lowest BCUT2D eigenvalue weighted by molar-refractivity contribution is -0.380. The Labute approximate surface area is 114 Å². The van der Waals surface area contributed by atoms with E-state index < -0.39 is 41.8 Å². The van der Waals surface area contributed by atoms with E-state index in [0.29, 0.717) is 5.57 Å². The monoisotopic (exact) mass is 290 g/mol. The summed E-state index contributed by atoms with van der Waals surface area (Å²) in [7, 11) is 0. The largest absolute Gasteiger partial charge is 0.459 e. The summed E-state index contributed by atoms with van der Waals surface area (Å²) in [6, 6.07) is 0. The van der Waals surface area contributed by atoms with Gasteiger partial charge in [0.1, 0.15) is 17.3 Å². The van der Waals surface area contributed by atoms with Crippen LogP contribution >= 0.6 is 11.6 Å². The Morgan fingerprint density at radius 1 is 1.68 bits per heavy atom. The van der Waals surface area contributed by atoms with Crippen molar-refractivity contribution in [3.05, 3.63) is 12.2 Å². The standard InChI is InChI=1S/C12H15ClO6/c1-5-10-18-9(15)8-11(5,16)3-7(17-6(2)14)12(8,4-13)19-10/h7-10,15-16H,1,3-4H2,2H3. The van der Waals surface area contributed by atoms with Crippen molar-refractivity contribution in [2.24, 2.45) is 5.92 Å². The van der Waals surface area contributed by atoms with Crippen LogP contribution in [0.25, 0.3) is 0 Å². The molecule has 0 radical (unpaired) electrons. The summed E-state index contributed by atoms with van der Waals surface area (Å²) in [5, 5.41) is 20.8. The maximum atomic E-state index is 11.2. The number of aliphatic hydroxyl groups is 2. The molecule has 0 spiro atoms. The number of ether oxygens (including phenoxy) is 3. The molecule has 0 aromatic rings. The third-order valence-electron chi connectivity index (χ3n) is 4.31. The minimum atomic E-state index is -1.39. The topological polar surface area (TPSA) is 85.2 Å². The number of alkyl halides is 1. The van der Waals surface area contributed by atoms with Crippen molar-refractivity contribution in [2.75, 3.05) is 5.88 Å². The molecular weight excluding hydrogens is 276 g/mol. The Kier molecular flexibility index (Phi) is 2.75. The number of hydrogen-bond acceptors (Lipinski definition) is 6. The molecule has 6 atom stereocenters. The number of hydrogen-bond donors (Lipinski definition) is 2. The normalized spacial score (nSPS) is 51.5. The highest BCUT2D eigenvalue weighted by molar-refractivity contribution is 6.18. The van der Waals surface area contributed by atoms with Gasteiger partial charge < -0.3 is 24.4 Å². The number of carbonyl (C=O) groups is 1. The molecule has 4 bridgehead atoms. The summed E-state index contributed by atoms with van der Waals surface area (Å²) >= 11 is 5.99. The average Bonchev–Trinajstić information content (AvgIpc) is 2.54. The third-order valence-corrected chi connectivity index (χ3v) is 4.73. The van der Waals surface area contributed by atoms with Crippen molar-refractivity contribution < 1.29 is 29.2 Å². The quantitative estimate of drug-likeness (QED) is 0.420. The van der Waals surface area contributed by atoms with Crippen LogP contribution in [0.2, 0.25) is 0 Å². The van der Waals surface area contributed by atoms with Crippen LogP contribution in [-0.2, 0) is 19.0 Å². The fourth-order valence-corrected chi connectivity index (χ4v) is 3.88. The molecule has 2 N–H and O–H groups in total. The highest BCUT2D eigenvalue weighted by Crippen LogP contribution is 2.60. The molecule has 6 nitrogen and oxygen atoms in total. The van der Waals surface area contributed by atoms with Gasteiger partial charge in [-0.1, -0.05) is 6.58 Å². The van der Waals surface area contributed by atoms with Crippen LogP contribution in [0.3, 0.4) is 0 Å². The van der Waals surface area contributed by atoms with Crippen LogP contribution in [0.15, 0.2) is 12.2 Å². The number of esters is 1. The zero-order valence-electron chi connectivity index (χ0n) is 10.3. The molecule has 4 fully saturated rings. The number of carbonyl (C=O) groups excluding carboxylic acids is 1. The van der Waals surface area contributed by atoms with E-state index in [9.17, 15) is 15.0 Å². The predicted molar refractivity (Wildman–Crippen MR) is 63.2 cm³/mol. The second-order valence-electron chi connectivity index (χ2n) is 5.29. The van der Waals surface area contributed by atoms with E-state index >= 15 is 0 Å². The van der Waals surface area contributed by atoms with E-state index in [1.165, 1.54) is 6.92 Å². The molecule has 106 valence electrons. The second-order valence-corrected chi connectivity index (χ2v) is 5.56. The van der Waals surface area contributed by atoms with Crippen molar-refractivity contribution in [3.8, 4) is 0 Å². The Bertz CT molecular complexity index is 454. The molecule has 0 amide bonds. The van der Waals surface area contributed by atoms with Crippen molar-refractivity contribution in [1.82, 2.24) is 0 Å². The maximum absolute atomic E-state index is 11.2. The SMILES string of the molecule is C=C1C2OC(O)C3C1(O)CC(OC(C)=O)C3(CCl)O2. The van der Waals surface area contributed by atoms with Gasteiger partial charge in [-0.15, -0.1) is 11.6 Å². The van der Waals surface area contributed by atoms with Crippen LogP contribution in [0.1, 0.15) is 13.3 Å². The Hall–Kier alpha value is -0.660. The summed E-state index contributed by atoms with van der Waals surface area (Å²) in [4.78, 5) is 11.2. The van der Waals surface area contributed by atoms with Crippen molar-refractivity contribution >= 4 is 17.6 Å². The van der Waals surface area contributed by atoms with Gasteiger partial charge in [0, 0.05) is 18.9 Å². The van der Waals surface area contributed by atoms with Gasteiger partial charge in [-0.25, -0.2) is 0 Å². The smallest absolute Gasteiger partial charge is 0.303 e. The first-order valence-corrected chi connectivity index (χ1v) is 6.55. The molecule has 3 heterocycles. The van der Waals surface area contributed by atoms with E-state index in [2.05, 4.69) is 6.58 Å². The fourth-order valence-electron chi connectivity index (χ4n) is 3.48. The molecule has 1 aliphatic carbocycles. The van der Waals surface area contributed by atoms with Crippen LogP contribution in [0.5, 0.6) is 0 Å².